The Labute approximate surface area is 361 Å². The molecule has 0 aliphatic heterocycles. The lowest BCUT2D eigenvalue weighted by Gasteiger charge is -2.26. The van der Waals surface area contributed by atoms with Crippen molar-refractivity contribution in [3.63, 3.8) is 0 Å². The van der Waals surface area contributed by atoms with Crippen molar-refractivity contribution < 1.29 is 8.83 Å². The first kappa shape index (κ1) is 35.2. The third-order valence-electron chi connectivity index (χ3n) is 12.5. The van der Waals surface area contributed by atoms with Crippen molar-refractivity contribution in [2.45, 2.75) is 0 Å². The maximum absolute atomic E-state index is 6.19. The van der Waals surface area contributed by atoms with Gasteiger partial charge < -0.3 is 13.7 Å². The summed E-state index contributed by atoms with van der Waals surface area (Å²) in [6.07, 6.45) is 3.87. The summed E-state index contributed by atoms with van der Waals surface area (Å²) >= 11 is 0. The zero-order chi connectivity index (χ0) is 41.4. The van der Waals surface area contributed by atoms with Crippen molar-refractivity contribution in [1.82, 2.24) is 9.97 Å². The van der Waals surface area contributed by atoms with Crippen molar-refractivity contribution in [1.29, 1.82) is 0 Å². The third kappa shape index (κ3) is 5.93. The number of pyridine rings is 2. The van der Waals surface area contributed by atoms with Gasteiger partial charge in [0.25, 0.3) is 0 Å². The van der Waals surface area contributed by atoms with Crippen molar-refractivity contribution in [2.75, 3.05) is 4.90 Å². The van der Waals surface area contributed by atoms with E-state index in [0.29, 0.717) is 0 Å². The Morgan fingerprint density at radius 3 is 1.33 bits per heavy atom. The fourth-order valence-electron chi connectivity index (χ4n) is 9.30. The molecule has 13 rings (SSSR count). The first-order valence-electron chi connectivity index (χ1n) is 21.2. The first-order chi connectivity index (χ1) is 31.2. The van der Waals surface area contributed by atoms with Crippen molar-refractivity contribution in [3.8, 4) is 33.4 Å². The highest BCUT2D eigenvalue weighted by Gasteiger charge is 2.17. The highest BCUT2D eigenvalue weighted by atomic mass is 16.3. The molecule has 4 aromatic heterocycles. The smallest absolute Gasteiger partial charge is 0.154 e. The molecule has 0 spiro atoms. The fourth-order valence-corrected chi connectivity index (χ4v) is 9.30. The maximum Gasteiger partial charge on any atom is 0.154 e. The Bertz CT molecular complexity index is 3760. The molecule has 0 radical (unpaired) electrons. The molecule has 294 valence electrons. The van der Waals surface area contributed by atoms with Gasteiger partial charge in [-0.25, -0.2) is 0 Å². The van der Waals surface area contributed by atoms with Crippen LogP contribution < -0.4 is 4.90 Å². The van der Waals surface area contributed by atoms with Crippen LogP contribution >= 0.6 is 0 Å². The molecule has 9 aromatic carbocycles. The van der Waals surface area contributed by atoms with Crippen molar-refractivity contribution >= 4 is 93.5 Å². The molecule has 0 aliphatic carbocycles. The molecule has 0 amide bonds. The zero-order valence-corrected chi connectivity index (χ0v) is 33.9. The van der Waals surface area contributed by atoms with E-state index in [2.05, 4.69) is 169 Å². The van der Waals surface area contributed by atoms with Crippen molar-refractivity contribution in [3.05, 3.63) is 213 Å². The molecule has 0 N–H and O–H groups in total. The molecular weight excluding hydrogens is 771 g/mol. The van der Waals surface area contributed by atoms with Crippen LogP contribution in [0.4, 0.5) is 17.1 Å². The minimum Gasteiger partial charge on any atom is -0.454 e. The molecule has 0 atom stereocenters. The third-order valence-corrected chi connectivity index (χ3v) is 12.5. The van der Waals surface area contributed by atoms with E-state index in [1.165, 1.54) is 43.4 Å². The molecule has 63 heavy (non-hydrogen) atoms. The number of fused-ring (bicyclic) bond motifs is 10. The second kappa shape index (κ2) is 14.0. The number of anilines is 3. The van der Waals surface area contributed by atoms with Crippen LogP contribution in [0.15, 0.2) is 221 Å². The Morgan fingerprint density at radius 2 is 0.730 bits per heavy atom. The summed E-state index contributed by atoms with van der Waals surface area (Å²) in [6, 6.07) is 71.0. The quantitative estimate of drug-likeness (QED) is 0.157. The van der Waals surface area contributed by atoms with E-state index in [1.807, 2.05) is 48.8 Å². The number of aromatic nitrogens is 2. The molecule has 5 heteroatoms. The van der Waals surface area contributed by atoms with E-state index < -0.39 is 0 Å². The van der Waals surface area contributed by atoms with Crippen LogP contribution in [0, 0.1) is 0 Å². The Balaban J connectivity index is 0.884. The monoisotopic (exact) mass is 805 g/mol. The Kier molecular flexibility index (Phi) is 7.84. The largest absolute Gasteiger partial charge is 0.454 e. The minimum absolute atomic E-state index is 0.780. The van der Waals surface area contributed by atoms with E-state index in [9.17, 15) is 0 Å². The minimum atomic E-state index is 0.780. The molecule has 5 nitrogen and oxygen atoms in total. The molecule has 13 aromatic rings. The number of hydrogen-bond acceptors (Lipinski definition) is 5. The fraction of sp³-hybridized carbons (Fsp3) is 0. The maximum atomic E-state index is 6.19. The molecule has 0 bridgehead atoms. The van der Waals surface area contributed by atoms with Gasteiger partial charge in [0.15, 0.2) is 11.2 Å². The van der Waals surface area contributed by atoms with Crippen LogP contribution in [0.5, 0.6) is 0 Å². The lowest BCUT2D eigenvalue weighted by molar-refractivity contribution is 0.668. The first-order valence-corrected chi connectivity index (χ1v) is 21.2. The number of benzene rings is 9. The van der Waals surface area contributed by atoms with Gasteiger partial charge in [0.1, 0.15) is 22.2 Å². The second-order valence-corrected chi connectivity index (χ2v) is 16.2. The zero-order valence-electron chi connectivity index (χ0n) is 33.9. The lowest BCUT2D eigenvalue weighted by Crippen LogP contribution is -2.09. The predicted molar refractivity (Wildman–Crippen MR) is 260 cm³/mol. The predicted octanol–water partition coefficient (Wildman–Crippen LogP) is 16.2. The van der Waals surface area contributed by atoms with Gasteiger partial charge in [0, 0.05) is 51.4 Å². The molecule has 0 aliphatic rings. The topological polar surface area (TPSA) is 55.3 Å². The number of para-hydroxylation sites is 2. The molecule has 0 fully saturated rings. The van der Waals surface area contributed by atoms with Gasteiger partial charge in [0.2, 0.25) is 0 Å². The molecular formula is C58H35N3O2. The van der Waals surface area contributed by atoms with Crippen LogP contribution in [0.2, 0.25) is 0 Å². The van der Waals surface area contributed by atoms with Crippen LogP contribution in [0.25, 0.3) is 110 Å². The summed E-state index contributed by atoms with van der Waals surface area (Å²) in [5.74, 6) is 0. The molecule has 0 saturated carbocycles. The molecule has 0 saturated heterocycles. The SMILES string of the molecule is c1ccc2cc(-c3ccc4c(ccc5cc(N(c6ccc(-c7cnc8c(c7)oc7ccccc78)cc6)c6ccc(-c7cnc8c(c7)oc7ccccc78)cc6)ccc54)c3)ccc2c1. The highest BCUT2D eigenvalue weighted by Crippen LogP contribution is 2.41. The number of hydrogen-bond donors (Lipinski definition) is 0. The lowest BCUT2D eigenvalue weighted by atomic mass is 9.96. The summed E-state index contributed by atoms with van der Waals surface area (Å²) in [5.41, 5.74) is 14.7. The van der Waals surface area contributed by atoms with Gasteiger partial charge in [0.05, 0.1) is 0 Å². The average Bonchev–Trinajstić information content (AvgIpc) is 3.92. The normalized spacial score (nSPS) is 11.8. The van der Waals surface area contributed by atoms with E-state index in [0.717, 1.165) is 83.5 Å². The van der Waals surface area contributed by atoms with Crippen LogP contribution in [-0.4, -0.2) is 9.97 Å². The van der Waals surface area contributed by atoms with Crippen LogP contribution in [-0.2, 0) is 0 Å². The summed E-state index contributed by atoms with van der Waals surface area (Å²) in [7, 11) is 0. The summed E-state index contributed by atoms with van der Waals surface area (Å²) in [5, 5.41) is 9.39. The van der Waals surface area contributed by atoms with Gasteiger partial charge in [-0.2, -0.15) is 0 Å². The summed E-state index contributed by atoms with van der Waals surface area (Å²) in [6.45, 7) is 0. The molecule has 0 unspecified atom stereocenters. The average molecular weight is 806 g/mol. The van der Waals surface area contributed by atoms with Crippen LogP contribution in [0.1, 0.15) is 0 Å². The second-order valence-electron chi connectivity index (χ2n) is 16.2. The number of furan rings is 2. The summed E-state index contributed by atoms with van der Waals surface area (Å²) < 4.78 is 12.4. The van der Waals surface area contributed by atoms with E-state index in [4.69, 9.17) is 18.8 Å². The van der Waals surface area contributed by atoms with Gasteiger partial charge in [-0.3, -0.25) is 9.97 Å². The van der Waals surface area contributed by atoms with E-state index in [1.54, 1.807) is 0 Å². The van der Waals surface area contributed by atoms with Gasteiger partial charge in [-0.1, -0.05) is 115 Å². The van der Waals surface area contributed by atoms with Crippen LogP contribution in [0.3, 0.4) is 0 Å². The van der Waals surface area contributed by atoms with Gasteiger partial charge in [-0.15, -0.1) is 0 Å². The number of rotatable bonds is 6. The van der Waals surface area contributed by atoms with E-state index >= 15 is 0 Å². The van der Waals surface area contributed by atoms with Crippen molar-refractivity contribution in [2.24, 2.45) is 0 Å². The van der Waals surface area contributed by atoms with Gasteiger partial charge in [-0.05, 0) is 140 Å². The molecule has 4 heterocycles. The Morgan fingerprint density at radius 1 is 0.286 bits per heavy atom. The van der Waals surface area contributed by atoms with E-state index in [-0.39, 0.29) is 0 Å². The summed E-state index contributed by atoms with van der Waals surface area (Å²) in [4.78, 5) is 12.0. The number of nitrogens with zero attached hydrogens (tertiary/aromatic N) is 3. The Hall–Kier alpha value is -8.54. The highest BCUT2D eigenvalue weighted by molar-refractivity contribution is 6.10. The van der Waals surface area contributed by atoms with Gasteiger partial charge >= 0.3 is 0 Å². The standard InChI is InChI=1S/C58H35N3O2/c1-2-8-39-29-40(14-13-36(39)7-1)41-21-27-49-42(30-41)15-16-43-31-48(26-28-50(43)49)61(46-22-17-37(18-23-46)44-32-55-57(59-34-44)51-9-3-5-11-53(51)62-55)47-24-19-38(20-25-47)45-33-56-58(60-35-45)52-10-4-6-12-54(52)63-56/h1-35H.